The summed E-state index contributed by atoms with van der Waals surface area (Å²) in [6.45, 7) is 5.42. The first-order valence-corrected chi connectivity index (χ1v) is 8.01. The van der Waals surface area contributed by atoms with Crippen LogP contribution in [0.2, 0.25) is 0 Å². The summed E-state index contributed by atoms with van der Waals surface area (Å²) in [5.41, 5.74) is 2.61. The largest absolute Gasteiger partial charge is 0.339 e. The molecule has 0 radical (unpaired) electrons. The van der Waals surface area contributed by atoms with Crippen LogP contribution >= 0.6 is 22.9 Å². The van der Waals surface area contributed by atoms with Gasteiger partial charge in [0.15, 0.2) is 0 Å². The Labute approximate surface area is 128 Å². The smallest absolute Gasteiger partial charge is 0.253 e. The number of halogens is 1. The third-order valence-electron chi connectivity index (χ3n) is 3.12. The highest BCUT2D eigenvalue weighted by Gasteiger charge is 2.12. The number of carbonyl (C=O) groups excluding carboxylic acids is 1. The van der Waals surface area contributed by atoms with Gasteiger partial charge in [-0.15, -0.1) is 22.9 Å². The van der Waals surface area contributed by atoms with Gasteiger partial charge in [0.1, 0.15) is 5.01 Å². The fraction of sp³-hybridized carbons (Fsp3) is 0.333. The van der Waals surface area contributed by atoms with Crippen molar-refractivity contribution in [1.29, 1.82) is 0 Å². The zero-order valence-electron chi connectivity index (χ0n) is 11.6. The summed E-state index contributed by atoms with van der Waals surface area (Å²) in [5.74, 6) is 0.497. The van der Waals surface area contributed by atoms with Gasteiger partial charge in [-0.1, -0.05) is 12.1 Å². The number of thiazole rings is 1. The maximum absolute atomic E-state index is 12.2. The molecule has 0 saturated heterocycles. The van der Waals surface area contributed by atoms with Gasteiger partial charge in [0.05, 0.1) is 11.6 Å². The first-order chi connectivity index (χ1) is 9.69. The van der Waals surface area contributed by atoms with Crippen LogP contribution in [0.3, 0.4) is 0 Å². The monoisotopic (exact) mass is 308 g/mol. The molecule has 5 heteroatoms. The van der Waals surface area contributed by atoms with Crippen molar-refractivity contribution in [2.75, 3.05) is 13.1 Å². The lowest BCUT2D eigenvalue weighted by Crippen LogP contribution is -2.30. The van der Waals surface area contributed by atoms with Crippen LogP contribution < -0.4 is 0 Å². The normalized spacial score (nSPS) is 10.6. The summed E-state index contributed by atoms with van der Waals surface area (Å²) >= 11 is 7.32. The minimum Gasteiger partial charge on any atom is -0.339 e. The molecule has 2 aromatic rings. The summed E-state index contributed by atoms with van der Waals surface area (Å²) in [7, 11) is 0. The van der Waals surface area contributed by atoms with Crippen LogP contribution in [-0.4, -0.2) is 28.9 Å². The van der Waals surface area contributed by atoms with Crippen molar-refractivity contribution in [1.82, 2.24) is 9.88 Å². The van der Waals surface area contributed by atoms with E-state index in [9.17, 15) is 4.79 Å². The molecule has 1 heterocycles. The van der Waals surface area contributed by atoms with Crippen molar-refractivity contribution < 1.29 is 4.79 Å². The quantitative estimate of drug-likeness (QED) is 0.781. The van der Waals surface area contributed by atoms with Crippen molar-refractivity contribution in [2.45, 2.75) is 19.7 Å². The number of aromatic nitrogens is 1. The zero-order valence-corrected chi connectivity index (χ0v) is 13.2. The van der Waals surface area contributed by atoms with Gasteiger partial charge in [-0.2, -0.15) is 0 Å². The molecule has 0 aliphatic heterocycles. The topological polar surface area (TPSA) is 33.2 Å². The number of rotatable bonds is 5. The number of hydrogen-bond donors (Lipinski definition) is 0. The first kappa shape index (κ1) is 15.0. The molecule has 0 bridgehead atoms. The van der Waals surface area contributed by atoms with Crippen LogP contribution in [0.1, 0.15) is 29.9 Å². The fourth-order valence-electron chi connectivity index (χ4n) is 1.95. The van der Waals surface area contributed by atoms with Crippen LogP contribution in [0.5, 0.6) is 0 Å². The second-order valence-electron chi connectivity index (χ2n) is 4.33. The Hall–Kier alpha value is -1.39. The molecule has 1 amide bonds. The number of amides is 1. The molecule has 1 aromatic carbocycles. The molecule has 106 valence electrons. The minimum absolute atomic E-state index is 0.0714. The van der Waals surface area contributed by atoms with Gasteiger partial charge in [-0.3, -0.25) is 4.79 Å². The van der Waals surface area contributed by atoms with E-state index >= 15 is 0 Å². The number of nitrogens with zero attached hydrogens (tertiary/aromatic N) is 2. The number of carbonyl (C=O) groups is 1. The van der Waals surface area contributed by atoms with Crippen molar-refractivity contribution in [2.24, 2.45) is 0 Å². The second-order valence-corrected chi connectivity index (χ2v) is 5.46. The van der Waals surface area contributed by atoms with Gasteiger partial charge in [-0.05, 0) is 26.0 Å². The highest BCUT2D eigenvalue weighted by atomic mass is 35.5. The van der Waals surface area contributed by atoms with Crippen molar-refractivity contribution in [3.05, 3.63) is 40.9 Å². The first-order valence-electron chi connectivity index (χ1n) is 6.59. The average molecular weight is 309 g/mol. The molecule has 0 aliphatic rings. The Morgan fingerprint density at radius 3 is 2.40 bits per heavy atom. The van der Waals surface area contributed by atoms with Crippen molar-refractivity contribution in [3.8, 4) is 10.6 Å². The molecule has 0 fully saturated rings. The summed E-state index contributed by atoms with van der Waals surface area (Å²) in [5, 5.41) is 2.89. The molecule has 0 unspecified atom stereocenters. The Morgan fingerprint density at radius 1 is 1.25 bits per heavy atom. The zero-order chi connectivity index (χ0) is 14.5. The standard InChI is InChI=1S/C15H17ClN2OS/c1-3-18(4-2)15(19)12-7-5-11(6-8-12)14-17-13(9-16)10-20-14/h5-8,10H,3-4,9H2,1-2H3. The lowest BCUT2D eigenvalue weighted by atomic mass is 10.1. The van der Waals surface area contributed by atoms with E-state index in [-0.39, 0.29) is 5.91 Å². The van der Waals surface area contributed by atoms with E-state index in [4.69, 9.17) is 11.6 Å². The Morgan fingerprint density at radius 2 is 1.90 bits per heavy atom. The molecule has 0 spiro atoms. The SMILES string of the molecule is CCN(CC)C(=O)c1ccc(-c2nc(CCl)cs2)cc1. The van der Waals surface area contributed by atoms with Gasteiger partial charge in [0.2, 0.25) is 0 Å². The highest BCUT2D eigenvalue weighted by Crippen LogP contribution is 2.24. The second kappa shape index (κ2) is 6.86. The maximum Gasteiger partial charge on any atom is 0.253 e. The van der Waals surface area contributed by atoms with E-state index in [0.717, 1.165) is 29.4 Å². The van der Waals surface area contributed by atoms with Crippen molar-refractivity contribution >= 4 is 28.8 Å². The van der Waals surface area contributed by atoms with Crippen LogP contribution in [0.25, 0.3) is 10.6 Å². The molecule has 0 saturated carbocycles. The maximum atomic E-state index is 12.2. The fourth-order valence-corrected chi connectivity index (χ4v) is 3.00. The summed E-state index contributed by atoms with van der Waals surface area (Å²) in [4.78, 5) is 18.4. The predicted molar refractivity (Wildman–Crippen MR) is 84.4 cm³/mol. The number of benzene rings is 1. The van der Waals surface area contributed by atoms with Crippen LogP contribution in [-0.2, 0) is 5.88 Å². The van der Waals surface area contributed by atoms with Gasteiger partial charge in [0.25, 0.3) is 5.91 Å². The average Bonchev–Trinajstić information content (AvgIpc) is 2.97. The Balaban J connectivity index is 2.19. The number of alkyl halides is 1. The molecule has 2 rings (SSSR count). The van der Waals surface area contributed by atoms with E-state index in [1.54, 1.807) is 11.3 Å². The molecule has 0 N–H and O–H groups in total. The lowest BCUT2D eigenvalue weighted by Gasteiger charge is -2.18. The van der Waals surface area contributed by atoms with E-state index in [1.807, 2.05) is 48.4 Å². The van der Waals surface area contributed by atoms with Crippen LogP contribution in [0.15, 0.2) is 29.6 Å². The summed E-state index contributed by atoms with van der Waals surface area (Å²) < 4.78 is 0. The number of hydrogen-bond acceptors (Lipinski definition) is 3. The van der Waals surface area contributed by atoms with Gasteiger partial charge >= 0.3 is 0 Å². The van der Waals surface area contributed by atoms with Crippen LogP contribution in [0, 0.1) is 0 Å². The molecule has 20 heavy (non-hydrogen) atoms. The third kappa shape index (κ3) is 3.19. The van der Waals surface area contributed by atoms with Gasteiger partial charge in [0, 0.05) is 29.6 Å². The van der Waals surface area contributed by atoms with E-state index in [2.05, 4.69) is 4.98 Å². The molecular weight excluding hydrogens is 292 g/mol. The van der Waals surface area contributed by atoms with Gasteiger partial charge in [-0.25, -0.2) is 4.98 Å². The van der Waals surface area contributed by atoms with Crippen molar-refractivity contribution in [3.63, 3.8) is 0 Å². The predicted octanol–water partition coefficient (Wildman–Crippen LogP) is 4.03. The minimum atomic E-state index is 0.0714. The lowest BCUT2D eigenvalue weighted by molar-refractivity contribution is 0.0773. The Kier molecular flexibility index (Phi) is 5.15. The molecule has 0 aliphatic carbocycles. The van der Waals surface area contributed by atoms with E-state index < -0.39 is 0 Å². The molecular formula is C15H17ClN2OS. The summed E-state index contributed by atoms with van der Waals surface area (Å²) in [6, 6.07) is 7.59. The molecule has 0 atom stereocenters. The highest BCUT2D eigenvalue weighted by molar-refractivity contribution is 7.13. The summed E-state index contributed by atoms with van der Waals surface area (Å²) in [6.07, 6.45) is 0. The van der Waals surface area contributed by atoms with E-state index in [1.165, 1.54) is 0 Å². The van der Waals surface area contributed by atoms with E-state index in [0.29, 0.717) is 11.4 Å². The Bertz CT molecular complexity index is 576. The third-order valence-corrected chi connectivity index (χ3v) is 4.33. The molecule has 1 aromatic heterocycles. The van der Waals surface area contributed by atoms with Gasteiger partial charge < -0.3 is 4.90 Å². The van der Waals surface area contributed by atoms with Crippen LogP contribution in [0.4, 0.5) is 0 Å². The molecule has 3 nitrogen and oxygen atoms in total.